The zero-order valence-electron chi connectivity index (χ0n) is 25.5. The Kier molecular flexibility index (Phi) is 7.26. The highest BCUT2D eigenvalue weighted by Crippen LogP contribution is 2.50. The van der Waals surface area contributed by atoms with E-state index >= 15 is 0 Å². The molecule has 0 atom stereocenters. The molecule has 7 aromatic carbocycles. The van der Waals surface area contributed by atoms with Crippen molar-refractivity contribution in [3.05, 3.63) is 170 Å². The van der Waals surface area contributed by atoms with Crippen LogP contribution in [0.1, 0.15) is 0 Å². The van der Waals surface area contributed by atoms with E-state index in [1.165, 1.54) is 60.8 Å². The molecule has 0 aliphatic heterocycles. The average Bonchev–Trinajstić information content (AvgIpc) is 3.45. The number of fused-ring (bicyclic) bond motifs is 3. The van der Waals surface area contributed by atoms with Gasteiger partial charge in [0.15, 0.2) is 0 Å². The highest BCUT2D eigenvalue weighted by molar-refractivity contribution is 6.12. The highest BCUT2D eigenvalue weighted by atomic mass is 16.3. The second-order valence-corrected chi connectivity index (χ2v) is 11.7. The first kappa shape index (κ1) is 27.8. The Hall–Kier alpha value is -5.70. The molecule has 0 unspecified atom stereocenters. The summed E-state index contributed by atoms with van der Waals surface area (Å²) in [4.78, 5) is 0. The summed E-state index contributed by atoms with van der Waals surface area (Å²) in [5.74, 6) is 0. The van der Waals surface area contributed by atoms with E-state index in [1.807, 2.05) is 0 Å². The molecule has 0 bridgehead atoms. The zero-order valence-corrected chi connectivity index (χ0v) is 25.5. The van der Waals surface area contributed by atoms with Gasteiger partial charge in [-0.05, 0) is 79.9 Å². The van der Waals surface area contributed by atoms with Crippen LogP contribution in [-0.2, 0) is 6.54 Å². The van der Waals surface area contributed by atoms with Crippen LogP contribution in [0.15, 0.2) is 170 Å². The summed E-state index contributed by atoms with van der Waals surface area (Å²) in [5, 5.41) is 12.3. The van der Waals surface area contributed by atoms with Crippen LogP contribution in [0.5, 0.6) is 0 Å². The summed E-state index contributed by atoms with van der Waals surface area (Å²) in [6.45, 7) is 0.649. The van der Waals surface area contributed by atoms with Crippen molar-refractivity contribution in [3.8, 4) is 55.6 Å². The molecule has 0 aliphatic carbocycles. The van der Waals surface area contributed by atoms with Crippen LogP contribution in [0.3, 0.4) is 0 Å². The lowest BCUT2D eigenvalue weighted by atomic mass is 9.79. The van der Waals surface area contributed by atoms with Gasteiger partial charge in [-0.2, -0.15) is 0 Å². The van der Waals surface area contributed by atoms with Crippen molar-refractivity contribution in [3.63, 3.8) is 0 Å². The van der Waals surface area contributed by atoms with Crippen molar-refractivity contribution in [1.82, 2.24) is 4.57 Å². The molecule has 0 saturated heterocycles. The van der Waals surface area contributed by atoms with Crippen LogP contribution in [0.2, 0.25) is 0 Å². The topological polar surface area (TPSA) is 25.2 Å². The van der Waals surface area contributed by atoms with E-state index in [4.69, 9.17) is 0 Å². The van der Waals surface area contributed by atoms with E-state index in [0.29, 0.717) is 6.54 Å². The van der Waals surface area contributed by atoms with Crippen LogP contribution in [0.25, 0.3) is 77.4 Å². The third-order valence-corrected chi connectivity index (χ3v) is 9.01. The van der Waals surface area contributed by atoms with Crippen LogP contribution >= 0.6 is 0 Å². The number of hydrogen-bond donors (Lipinski definition) is 1. The van der Waals surface area contributed by atoms with E-state index in [1.54, 1.807) is 0 Å². The molecule has 220 valence electrons. The van der Waals surface area contributed by atoms with E-state index in [2.05, 4.69) is 174 Å². The van der Waals surface area contributed by atoms with Gasteiger partial charge in [0.25, 0.3) is 0 Å². The maximum Gasteiger partial charge on any atom is 0.0610 e. The number of nitrogens with zero attached hydrogens (tertiary/aromatic N) is 1. The fourth-order valence-corrected chi connectivity index (χ4v) is 7.02. The van der Waals surface area contributed by atoms with Gasteiger partial charge in [0.2, 0.25) is 0 Å². The summed E-state index contributed by atoms with van der Waals surface area (Å²) in [7, 11) is 0. The summed E-state index contributed by atoms with van der Waals surface area (Å²) in [6, 6.07) is 60.9. The van der Waals surface area contributed by atoms with Crippen molar-refractivity contribution < 1.29 is 5.11 Å². The molecule has 0 saturated carbocycles. The predicted molar refractivity (Wildman–Crippen MR) is 194 cm³/mol. The van der Waals surface area contributed by atoms with Crippen LogP contribution in [0, 0.1) is 0 Å². The standard InChI is InChI=1S/C44H33NO/c46-28-27-45-40-24-14-13-23-36(40)39-29-35(25-26-41(39)45)38-30-37(31-15-5-1-6-16-31)42(32-17-7-2-8-18-32)44(34-21-11-4-12-22-34)43(38)33-19-9-3-10-20-33/h1-26,29-30,46H,27-28H2. The lowest BCUT2D eigenvalue weighted by Gasteiger charge is -2.24. The lowest BCUT2D eigenvalue weighted by molar-refractivity contribution is 0.280. The van der Waals surface area contributed by atoms with Crippen molar-refractivity contribution in [2.45, 2.75) is 6.54 Å². The largest absolute Gasteiger partial charge is 0.395 e. The van der Waals surface area contributed by atoms with Gasteiger partial charge in [-0.3, -0.25) is 0 Å². The number of aliphatic hydroxyl groups is 1. The highest BCUT2D eigenvalue weighted by Gasteiger charge is 2.24. The molecule has 0 amide bonds. The zero-order chi connectivity index (χ0) is 30.9. The van der Waals surface area contributed by atoms with Crippen LogP contribution in [-0.4, -0.2) is 16.3 Å². The average molecular weight is 592 g/mol. The second kappa shape index (κ2) is 12.0. The molecule has 8 rings (SSSR count). The number of benzene rings is 7. The Bertz CT molecular complexity index is 2290. The quantitative estimate of drug-likeness (QED) is 0.196. The molecule has 0 aliphatic rings. The number of hydrogen-bond acceptors (Lipinski definition) is 1. The van der Waals surface area contributed by atoms with Gasteiger partial charge >= 0.3 is 0 Å². The Balaban J connectivity index is 1.54. The fraction of sp³-hybridized carbons (Fsp3) is 0.0455. The molecule has 2 nitrogen and oxygen atoms in total. The summed E-state index contributed by atoms with van der Waals surface area (Å²) >= 11 is 0. The van der Waals surface area contributed by atoms with Crippen molar-refractivity contribution >= 4 is 21.8 Å². The van der Waals surface area contributed by atoms with Crippen molar-refractivity contribution in [1.29, 1.82) is 0 Å². The van der Waals surface area contributed by atoms with Gasteiger partial charge in [0.1, 0.15) is 0 Å². The first-order valence-electron chi connectivity index (χ1n) is 15.9. The molecule has 1 N–H and O–H groups in total. The Labute approximate surface area is 269 Å². The van der Waals surface area contributed by atoms with Crippen LogP contribution in [0.4, 0.5) is 0 Å². The molecule has 1 heterocycles. The first-order chi connectivity index (χ1) is 22.8. The Morgan fingerprint density at radius 1 is 0.370 bits per heavy atom. The van der Waals surface area contributed by atoms with E-state index < -0.39 is 0 Å². The van der Waals surface area contributed by atoms with Gasteiger partial charge < -0.3 is 9.67 Å². The number of rotatable bonds is 7. The summed E-state index contributed by atoms with van der Waals surface area (Å²) in [5.41, 5.74) is 14.2. The Morgan fingerprint density at radius 2 is 0.826 bits per heavy atom. The molecule has 0 spiro atoms. The number of para-hydroxylation sites is 1. The van der Waals surface area contributed by atoms with Gasteiger partial charge in [-0.1, -0.05) is 146 Å². The maximum atomic E-state index is 9.93. The minimum atomic E-state index is 0.0928. The normalized spacial score (nSPS) is 11.3. The summed E-state index contributed by atoms with van der Waals surface area (Å²) < 4.78 is 2.23. The number of aliphatic hydroxyl groups excluding tert-OH is 1. The van der Waals surface area contributed by atoms with Gasteiger partial charge in [0.05, 0.1) is 6.61 Å². The molecule has 0 fully saturated rings. The van der Waals surface area contributed by atoms with Gasteiger partial charge in [-0.15, -0.1) is 0 Å². The molecule has 8 aromatic rings. The molecule has 0 radical (unpaired) electrons. The fourth-order valence-electron chi connectivity index (χ4n) is 7.02. The monoisotopic (exact) mass is 591 g/mol. The van der Waals surface area contributed by atoms with E-state index in [0.717, 1.165) is 16.6 Å². The van der Waals surface area contributed by atoms with Crippen molar-refractivity contribution in [2.24, 2.45) is 0 Å². The van der Waals surface area contributed by atoms with Crippen LogP contribution < -0.4 is 0 Å². The predicted octanol–water partition coefficient (Wildman–Crippen LogP) is 11.1. The minimum absolute atomic E-state index is 0.0928. The third kappa shape index (κ3) is 4.81. The first-order valence-corrected chi connectivity index (χ1v) is 15.9. The van der Waals surface area contributed by atoms with E-state index in [9.17, 15) is 5.11 Å². The Morgan fingerprint density at radius 3 is 1.39 bits per heavy atom. The lowest BCUT2D eigenvalue weighted by Crippen LogP contribution is -2.01. The van der Waals surface area contributed by atoms with Gasteiger partial charge in [-0.25, -0.2) is 0 Å². The molecule has 2 heteroatoms. The third-order valence-electron chi connectivity index (χ3n) is 9.01. The number of aromatic nitrogens is 1. The molecule has 1 aromatic heterocycles. The molecule has 46 heavy (non-hydrogen) atoms. The minimum Gasteiger partial charge on any atom is -0.395 e. The van der Waals surface area contributed by atoms with Gasteiger partial charge in [0, 0.05) is 28.4 Å². The molecular formula is C44H33NO. The van der Waals surface area contributed by atoms with Crippen molar-refractivity contribution in [2.75, 3.05) is 6.61 Å². The SMILES string of the molecule is OCCn1c2ccccc2c2cc(-c3cc(-c4ccccc4)c(-c4ccccc4)c(-c4ccccc4)c3-c3ccccc3)ccc21. The smallest absolute Gasteiger partial charge is 0.0610 e. The summed E-state index contributed by atoms with van der Waals surface area (Å²) in [6.07, 6.45) is 0. The molecular weight excluding hydrogens is 558 g/mol. The maximum absolute atomic E-state index is 9.93. The van der Waals surface area contributed by atoms with E-state index in [-0.39, 0.29) is 6.61 Å². The second-order valence-electron chi connectivity index (χ2n) is 11.7.